The fourth-order valence-corrected chi connectivity index (χ4v) is 3.90. The summed E-state index contributed by atoms with van der Waals surface area (Å²) in [5.41, 5.74) is 0.452. The van der Waals surface area contributed by atoms with Crippen LogP contribution in [-0.4, -0.2) is 80.1 Å². The molecule has 1 unspecified atom stereocenters. The van der Waals surface area contributed by atoms with Gasteiger partial charge in [-0.05, 0) is 33.0 Å². The van der Waals surface area contributed by atoms with Crippen molar-refractivity contribution in [3.8, 4) is 0 Å². The minimum atomic E-state index is -0.568. The van der Waals surface area contributed by atoms with E-state index in [0.29, 0.717) is 11.6 Å². The first-order chi connectivity index (χ1) is 12.1. The topological polar surface area (TPSA) is 36.0 Å². The standard InChI is InChI=1S/C19H28FN3O2/c1-21(2)18(16-5-3-4-6-17(16)20)19(24)23-9-7-15(8-10-23)22-11-13-25-14-12-22/h3-6,15,18H,7-14H2,1-2H3. The number of halogens is 1. The number of likely N-dealkylation sites (N-methyl/N-ethyl adjacent to an activating group) is 1. The SMILES string of the molecule is CN(C)C(C(=O)N1CCC(N2CCOCC2)CC1)c1ccccc1F. The van der Waals surface area contributed by atoms with E-state index >= 15 is 0 Å². The summed E-state index contributed by atoms with van der Waals surface area (Å²) in [5, 5.41) is 0. The van der Waals surface area contributed by atoms with Crippen LogP contribution in [0.3, 0.4) is 0 Å². The second kappa shape index (κ2) is 8.25. The predicted octanol–water partition coefficient (Wildman–Crippen LogP) is 1.75. The third-order valence-corrected chi connectivity index (χ3v) is 5.29. The van der Waals surface area contributed by atoms with E-state index in [2.05, 4.69) is 4.90 Å². The highest BCUT2D eigenvalue weighted by Crippen LogP contribution is 2.26. The number of ether oxygens (including phenoxy) is 1. The zero-order chi connectivity index (χ0) is 17.8. The van der Waals surface area contributed by atoms with E-state index in [1.807, 2.05) is 19.0 Å². The molecule has 1 aromatic carbocycles. The van der Waals surface area contributed by atoms with Crippen molar-refractivity contribution in [2.24, 2.45) is 0 Å². The summed E-state index contributed by atoms with van der Waals surface area (Å²) >= 11 is 0. The minimum absolute atomic E-state index is 0.00414. The number of benzene rings is 1. The summed E-state index contributed by atoms with van der Waals surface area (Å²) in [4.78, 5) is 19.2. The Hall–Kier alpha value is -1.50. The molecule has 5 nitrogen and oxygen atoms in total. The summed E-state index contributed by atoms with van der Waals surface area (Å²) < 4.78 is 19.6. The van der Waals surface area contributed by atoms with Crippen molar-refractivity contribution in [3.05, 3.63) is 35.6 Å². The summed E-state index contributed by atoms with van der Waals surface area (Å²) in [5.74, 6) is -0.326. The molecule has 25 heavy (non-hydrogen) atoms. The van der Waals surface area contributed by atoms with Gasteiger partial charge in [0, 0.05) is 37.8 Å². The Morgan fingerprint density at radius 2 is 1.80 bits per heavy atom. The fourth-order valence-electron chi connectivity index (χ4n) is 3.90. The van der Waals surface area contributed by atoms with Crippen molar-refractivity contribution in [1.82, 2.24) is 14.7 Å². The van der Waals surface area contributed by atoms with Gasteiger partial charge in [-0.25, -0.2) is 4.39 Å². The molecule has 0 aliphatic carbocycles. The van der Waals surface area contributed by atoms with Crippen LogP contribution in [0.2, 0.25) is 0 Å². The maximum absolute atomic E-state index is 14.2. The molecule has 0 saturated carbocycles. The normalized spacial score (nSPS) is 21.5. The molecule has 3 rings (SSSR count). The lowest BCUT2D eigenvalue weighted by Crippen LogP contribution is -2.51. The lowest BCUT2D eigenvalue weighted by Gasteiger charge is -2.41. The van der Waals surface area contributed by atoms with Crippen LogP contribution < -0.4 is 0 Å². The molecule has 2 heterocycles. The highest BCUT2D eigenvalue weighted by molar-refractivity contribution is 5.83. The Labute approximate surface area is 149 Å². The fraction of sp³-hybridized carbons (Fsp3) is 0.632. The van der Waals surface area contributed by atoms with E-state index in [1.165, 1.54) is 6.07 Å². The summed E-state index contributed by atoms with van der Waals surface area (Å²) in [7, 11) is 3.66. The molecule has 0 radical (unpaired) electrons. The molecular formula is C19H28FN3O2. The van der Waals surface area contributed by atoms with E-state index in [1.54, 1.807) is 23.1 Å². The van der Waals surface area contributed by atoms with Gasteiger partial charge >= 0.3 is 0 Å². The highest BCUT2D eigenvalue weighted by atomic mass is 19.1. The Bertz CT molecular complexity index is 582. The molecule has 2 saturated heterocycles. The van der Waals surface area contributed by atoms with Gasteiger partial charge in [-0.3, -0.25) is 14.6 Å². The maximum atomic E-state index is 14.2. The van der Waals surface area contributed by atoms with Crippen molar-refractivity contribution >= 4 is 5.91 Å². The van der Waals surface area contributed by atoms with Gasteiger partial charge in [-0.15, -0.1) is 0 Å². The van der Waals surface area contributed by atoms with E-state index in [9.17, 15) is 9.18 Å². The van der Waals surface area contributed by atoms with E-state index < -0.39 is 6.04 Å². The molecule has 0 aromatic heterocycles. The van der Waals surface area contributed by atoms with Crippen LogP contribution in [0.25, 0.3) is 0 Å². The summed E-state index contributed by atoms with van der Waals surface area (Å²) in [6.07, 6.45) is 1.95. The Kier molecular flexibility index (Phi) is 6.04. The van der Waals surface area contributed by atoms with Gasteiger partial charge in [0.05, 0.1) is 13.2 Å². The Balaban J connectivity index is 1.65. The van der Waals surface area contributed by atoms with Crippen molar-refractivity contribution < 1.29 is 13.9 Å². The number of carbonyl (C=O) groups excluding carboxylic acids is 1. The van der Waals surface area contributed by atoms with Gasteiger partial charge in [-0.2, -0.15) is 0 Å². The quantitative estimate of drug-likeness (QED) is 0.830. The van der Waals surface area contributed by atoms with Crippen molar-refractivity contribution in [1.29, 1.82) is 0 Å². The first kappa shape index (κ1) is 18.3. The third-order valence-electron chi connectivity index (χ3n) is 5.29. The minimum Gasteiger partial charge on any atom is -0.379 e. The first-order valence-corrected chi connectivity index (χ1v) is 9.09. The number of piperidine rings is 1. The van der Waals surface area contributed by atoms with Crippen molar-refractivity contribution in [3.63, 3.8) is 0 Å². The van der Waals surface area contributed by atoms with Crippen LogP contribution in [0, 0.1) is 5.82 Å². The number of morpholine rings is 1. The van der Waals surface area contributed by atoms with E-state index in [-0.39, 0.29) is 11.7 Å². The molecule has 1 aromatic rings. The monoisotopic (exact) mass is 349 g/mol. The number of carbonyl (C=O) groups is 1. The van der Waals surface area contributed by atoms with Gasteiger partial charge in [0.15, 0.2) is 0 Å². The molecule has 138 valence electrons. The van der Waals surface area contributed by atoms with Crippen LogP contribution in [-0.2, 0) is 9.53 Å². The Morgan fingerprint density at radius 3 is 2.40 bits per heavy atom. The first-order valence-electron chi connectivity index (χ1n) is 9.09. The molecule has 6 heteroatoms. The smallest absolute Gasteiger partial charge is 0.244 e. The number of nitrogens with zero attached hydrogens (tertiary/aromatic N) is 3. The average Bonchev–Trinajstić information content (AvgIpc) is 2.64. The summed E-state index contributed by atoms with van der Waals surface area (Å²) in [6.45, 7) is 5.03. The van der Waals surface area contributed by atoms with E-state index in [4.69, 9.17) is 4.74 Å². The van der Waals surface area contributed by atoms with Crippen LogP contribution >= 0.6 is 0 Å². The van der Waals surface area contributed by atoms with Gasteiger partial charge in [0.2, 0.25) is 5.91 Å². The van der Waals surface area contributed by atoms with Crippen LogP contribution in [0.1, 0.15) is 24.4 Å². The third kappa shape index (κ3) is 4.19. The second-order valence-corrected chi connectivity index (χ2v) is 7.09. The number of hydrogen-bond acceptors (Lipinski definition) is 4. The lowest BCUT2D eigenvalue weighted by molar-refractivity contribution is -0.138. The van der Waals surface area contributed by atoms with Gasteiger partial charge in [0.1, 0.15) is 11.9 Å². The zero-order valence-electron chi connectivity index (χ0n) is 15.2. The highest BCUT2D eigenvalue weighted by Gasteiger charge is 2.33. The molecule has 0 bridgehead atoms. The second-order valence-electron chi connectivity index (χ2n) is 7.09. The molecule has 2 fully saturated rings. The molecular weight excluding hydrogens is 321 g/mol. The molecule has 0 N–H and O–H groups in total. The molecule has 2 aliphatic heterocycles. The summed E-state index contributed by atoms with van der Waals surface area (Å²) in [6, 6.07) is 6.53. The molecule has 1 amide bonds. The van der Waals surface area contributed by atoms with Crippen molar-refractivity contribution in [2.75, 3.05) is 53.5 Å². The van der Waals surface area contributed by atoms with Crippen LogP contribution in [0.4, 0.5) is 4.39 Å². The largest absolute Gasteiger partial charge is 0.379 e. The molecule has 1 atom stereocenters. The molecule has 0 spiro atoms. The molecule has 2 aliphatic rings. The van der Waals surface area contributed by atoms with Crippen molar-refractivity contribution in [2.45, 2.75) is 24.9 Å². The Morgan fingerprint density at radius 1 is 1.16 bits per heavy atom. The zero-order valence-corrected chi connectivity index (χ0v) is 15.2. The predicted molar refractivity (Wildman–Crippen MR) is 94.8 cm³/mol. The average molecular weight is 349 g/mol. The van der Waals surface area contributed by atoms with Gasteiger partial charge in [0.25, 0.3) is 0 Å². The lowest BCUT2D eigenvalue weighted by atomic mass is 9.99. The van der Waals surface area contributed by atoms with Crippen LogP contribution in [0.5, 0.6) is 0 Å². The number of amides is 1. The van der Waals surface area contributed by atoms with E-state index in [0.717, 1.165) is 52.2 Å². The number of rotatable bonds is 4. The van der Waals surface area contributed by atoms with Crippen LogP contribution in [0.15, 0.2) is 24.3 Å². The van der Waals surface area contributed by atoms with Gasteiger partial charge in [-0.1, -0.05) is 18.2 Å². The van der Waals surface area contributed by atoms with Gasteiger partial charge < -0.3 is 9.64 Å². The number of likely N-dealkylation sites (tertiary alicyclic amines) is 1. The maximum Gasteiger partial charge on any atom is 0.244 e. The number of hydrogen-bond donors (Lipinski definition) is 0.